The largest absolute Gasteiger partial charge is 0.396 e. The Kier molecular flexibility index (Phi) is 5.84. The van der Waals surface area contributed by atoms with Crippen molar-refractivity contribution in [1.82, 2.24) is 4.72 Å². The summed E-state index contributed by atoms with van der Waals surface area (Å²) in [6.45, 7) is 1.85. The van der Waals surface area contributed by atoms with Gasteiger partial charge in [0.25, 0.3) is 0 Å². The van der Waals surface area contributed by atoms with Gasteiger partial charge < -0.3 is 5.11 Å². The van der Waals surface area contributed by atoms with E-state index in [-0.39, 0.29) is 19.1 Å². The SMILES string of the molecule is CC(CCO)CNS(=O)(=O)Cc1c(F)cccc1F. The van der Waals surface area contributed by atoms with Crippen LogP contribution in [0.2, 0.25) is 0 Å². The third-order valence-corrected chi connectivity index (χ3v) is 3.94. The number of aliphatic hydroxyl groups excluding tert-OH is 1. The highest BCUT2D eigenvalue weighted by molar-refractivity contribution is 7.88. The van der Waals surface area contributed by atoms with Gasteiger partial charge >= 0.3 is 0 Å². The van der Waals surface area contributed by atoms with E-state index in [4.69, 9.17) is 5.11 Å². The summed E-state index contributed by atoms with van der Waals surface area (Å²) >= 11 is 0. The summed E-state index contributed by atoms with van der Waals surface area (Å²) in [5.74, 6) is -2.55. The maximum Gasteiger partial charge on any atom is 0.216 e. The van der Waals surface area contributed by atoms with Crippen molar-refractivity contribution >= 4 is 10.0 Å². The minimum Gasteiger partial charge on any atom is -0.396 e. The molecule has 7 heteroatoms. The molecule has 0 aromatic heterocycles. The molecular weight excluding hydrogens is 276 g/mol. The van der Waals surface area contributed by atoms with E-state index in [1.807, 2.05) is 0 Å². The van der Waals surface area contributed by atoms with Crippen LogP contribution >= 0.6 is 0 Å². The van der Waals surface area contributed by atoms with E-state index >= 15 is 0 Å². The van der Waals surface area contributed by atoms with Crippen LogP contribution in [-0.4, -0.2) is 26.7 Å². The van der Waals surface area contributed by atoms with Gasteiger partial charge in [0.05, 0.1) is 5.75 Å². The summed E-state index contributed by atoms with van der Waals surface area (Å²) in [4.78, 5) is 0. The van der Waals surface area contributed by atoms with Gasteiger partial charge in [-0.1, -0.05) is 13.0 Å². The highest BCUT2D eigenvalue weighted by Gasteiger charge is 2.18. The van der Waals surface area contributed by atoms with E-state index in [9.17, 15) is 17.2 Å². The predicted octanol–water partition coefficient (Wildman–Crippen LogP) is 1.40. The minimum atomic E-state index is -3.80. The summed E-state index contributed by atoms with van der Waals surface area (Å²) in [7, 11) is -3.80. The molecule has 1 rings (SSSR count). The van der Waals surface area contributed by atoms with E-state index in [1.165, 1.54) is 6.07 Å². The zero-order valence-corrected chi connectivity index (χ0v) is 11.4. The van der Waals surface area contributed by atoms with Crippen molar-refractivity contribution in [2.75, 3.05) is 13.2 Å². The number of sulfonamides is 1. The Bertz CT molecular complexity index is 499. The van der Waals surface area contributed by atoms with Gasteiger partial charge in [-0.05, 0) is 24.5 Å². The fraction of sp³-hybridized carbons (Fsp3) is 0.500. The Morgan fingerprint density at radius 1 is 1.32 bits per heavy atom. The van der Waals surface area contributed by atoms with Gasteiger partial charge in [-0.3, -0.25) is 0 Å². The first kappa shape index (κ1) is 16.0. The molecule has 1 aromatic rings. The summed E-state index contributed by atoms with van der Waals surface area (Å²) in [6.07, 6.45) is 0.455. The van der Waals surface area contributed by atoms with Crippen LogP contribution in [0.15, 0.2) is 18.2 Å². The molecule has 0 radical (unpaired) electrons. The fourth-order valence-corrected chi connectivity index (χ4v) is 2.80. The van der Waals surface area contributed by atoms with Crippen LogP contribution in [0.4, 0.5) is 8.78 Å². The van der Waals surface area contributed by atoms with Gasteiger partial charge in [-0.25, -0.2) is 21.9 Å². The first-order valence-corrected chi connectivity index (χ1v) is 7.52. The molecule has 0 bridgehead atoms. The van der Waals surface area contributed by atoms with Crippen molar-refractivity contribution in [3.05, 3.63) is 35.4 Å². The number of halogens is 2. The van der Waals surface area contributed by atoms with Gasteiger partial charge in [0, 0.05) is 18.7 Å². The second-order valence-corrected chi connectivity index (χ2v) is 6.23. The lowest BCUT2D eigenvalue weighted by Crippen LogP contribution is -2.30. The standard InChI is InChI=1S/C12H17F2NO3S/c1-9(5-6-16)7-15-19(17,18)8-10-11(13)3-2-4-12(10)14/h2-4,9,15-16H,5-8H2,1H3. The lowest BCUT2D eigenvalue weighted by molar-refractivity contribution is 0.263. The Labute approximate surface area is 111 Å². The molecule has 2 N–H and O–H groups in total. The smallest absolute Gasteiger partial charge is 0.216 e. The molecule has 0 aliphatic rings. The Hall–Kier alpha value is -1.05. The third kappa shape index (κ3) is 5.22. The molecule has 0 amide bonds. The zero-order valence-electron chi connectivity index (χ0n) is 10.6. The van der Waals surface area contributed by atoms with Crippen LogP contribution in [0.1, 0.15) is 18.9 Å². The van der Waals surface area contributed by atoms with Crippen molar-refractivity contribution < 1.29 is 22.3 Å². The Morgan fingerprint density at radius 2 is 1.89 bits per heavy atom. The number of hydrogen-bond acceptors (Lipinski definition) is 3. The second kappa shape index (κ2) is 6.93. The molecule has 1 atom stereocenters. The third-order valence-electron chi connectivity index (χ3n) is 2.67. The molecule has 108 valence electrons. The zero-order chi connectivity index (χ0) is 14.5. The first-order chi connectivity index (χ1) is 8.85. The van der Waals surface area contributed by atoms with Crippen molar-refractivity contribution in [2.45, 2.75) is 19.1 Å². The van der Waals surface area contributed by atoms with E-state index in [1.54, 1.807) is 6.92 Å². The fourth-order valence-electron chi connectivity index (χ4n) is 1.50. The number of rotatable bonds is 7. The van der Waals surface area contributed by atoms with Crippen molar-refractivity contribution in [3.63, 3.8) is 0 Å². The maximum absolute atomic E-state index is 13.3. The average Bonchev–Trinajstić information content (AvgIpc) is 2.32. The highest BCUT2D eigenvalue weighted by Crippen LogP contribution is 2.15. The van der Waals surface area contributed by atoms with Gasteiger partial charge in [-0.2, -0.15) is 0 Å². The molecule has 0 aliphatic heterocycles. The van der Waals surface area contributed by atoms with E-state index in [0.717, 1.165) is 12.1 Å². The minimum absolute atomic E-state index is 0.0369. The molecule has 19 heavy (non-hydrogen) atoms. The molecule has 4 nitrogen and oxygen atoms in total. The highest BCUT2D eigenvalue weighted by atomic mass is 32.2. The van der Waals surface area contributed by atoms with Crippen molar-refractivity contribution in [2.24, 2.45) is 5.92 Å². The summed E-state index contributed by atoms with van der Waals surface area (Å²) in [5, 5.41) is 8.70. The molecule has 0 heterocycles. The normalized spacial score (nSPS) is 13.5. The van der Waals surface area contributed by atoms with Crippen molar-refractivity contribution in [1.29, 1.82) is 0 Å². The van der Waals surface area contributed by atoms with Gasteiger partial charge in [0.15, 0.2) is 0 Å². The van der Waals surface area contributed by atoms with E-state index in [0.29, 0.717) is 6.42 Å². The molecule has 0 fully saturated rings. The van der Waals surface area contributed by atoms with Crippen LogP contribution < -0.4 is 4.72 Å². The summed E-state index contributed by atoms with van der Waals surface area (Å²) in [5.41, 5.74) is -0.468. The molecule has 0 saturated carbocycles. The van der Waals surface area contributed by atoms with Crippen molar-refractivity contribution in [3.8, 4) is 0 Å². The van der Waals surface area contributed by atoms with Gasteiger partial charge in [-0.15, -0.1) is 0 Å². The van der Waals surface area contributed by atoms with E-state index < -0.39 is 33.0 Å². The van der Waals surface area contributed by atoms with Gasteiger partial charge in [0.1, 0.15) is 11.6 Å². The Balaban J connectivity index is 2.70. The molecule has 1 unspecified atom stereocenters. The maximum atomic E-state index is 13.3. The number of hydrogen-bond donors (Lipinski definition) is 2. The molecule has 0 saturated heterocycles. The first-order valence-electron chi connectivity index (χ1n) is 5.87. The summed E-state index contributed by atoms with van der Waals surface area (Å²) in [6, 6.07) is 3.21. The van der Waals surface area contributed by atoms with E-state index in [2.05, 4.69) is 4.72 Å². The van der Waals surface area contributed by atoms with Crippen LogP contribution in [0, 0.1) is 17.6 Å². The van der Waals surface area contributed by atoms with Crippen LogP contribution in [0.25, 0.3) is 0 Å². The molecule has 0 aliphatic carbocycles. The van der Waals surface area contributed by atoms with Gasteiger partial charge in [0.2, 0.25) is 10.0 Å². The lowest BCUT2D eigenvalue weighted by atomic mass is 10.1. The molecule has 1 aromatic carbocycles. The monoisotopic (exact) mass is 293 g/mol. The van der Waals surface area contributed by atoms with Crippen LogP contribution in [-0.2, 0) is 15.8 Å². The molecule has 0 spiro atoms. The number of nitrogens with one attached hydrogen (secondary N) is 1. The number of benzene rings is 1. The second-order valence-electron chi connectivity index (χ2n) is 4.43. The van der Waals surface area contributed by atoms with Crippen LogP contribution in [0.5, 0.6) is 0 Å². The quantitative estimate of drug-likeness (QED) is 0.798. The Morgan fingerprint density at radius 3 is 2.42 bits per heavy atom. The summed E-state index contributed by atoms with van der Waals surface area (Å²) < 4.78 is 52.4. The number of aliphatic hydroxyl groups is 1. The predicted molar refractivity (Wildman–Crippen MR) is 67.9 cm³/mol. The average molecular weight is 293 g/mol. The topological polar surface area (TPSA) is 66.4 Å². The lowest BCUT2D eigenvalue weighted by Gasteiger charge is -2.12. The molecular formula is C12H17F2NO3S. The van der Waals surface area contributed by atoms with Crippen LogP contribution in [0.3, 0.4) is 0 Å².